The van der Waals surface area contributed by atoms with Crippen molar-refractivity contribution >= 4 is 11.6 Å². The van der Waals surface area contributed by atoms with Crippen LogP contribution in [-0.4, -0.2) is 23.2 Å². The Labute approximate surface area is 169 Å². The van der Waals surface area contributed by atoms with Crippen LogP contribution in [0.4, 0.5) is 5.69 Å². The minimum atomic E-state index is -0.164. The van der Waals surface area contributed by atoms with Crippen LogP contribution in [0.2, 0.25) is 0 Å². The number of benzene rings is 3. The first-order valence-electron chi connectivity index (χ1n) is 9.18. The van der Waals surface area contributed by atoms with Gasteiger partial charge in [0.15, 0.2) is 0 Å². The number of hydrogen-bond acceptors (Lipinski definition) is 4. The molecule has 1 amide bonds. The number of carbonyl (C=O) groups is 1. The van der Waals surface area contributed by atoms with Gasteiger partial charge in [0.05, 0.1) is 12.8 Å². The second-order valence-electron chi connectivity index (χ2n) is 6.44. The summed E-state index contributed by atoms with van der Waals surface area (Å²) < 4.78 is 5.04. The van der Waals surface area contributed by atoms with Crippen LogP contribution in [0.25, 0.3) is 22.4 Å². The van der Waals surface area contributed by atoms with Crippen molar-refractivity contribution in [2.24, 2.45) is 0 Å². The minimum Gasteiger partial charge on any atom is -0.480 e. The fraction of sp³-hybridized carbons (Fsp3) is 0.0417. The number of nitrogens with one attached hydrogen (secondary N) is 1. The lowest BCUT2D eigenvalue weighted by atomic mass is 10.0. The van der Waals surface area contributed by atoms with Crippen LogP contribution in [0.1, 0.15) is 10.4 Å². The molecule has 1 aromatic heterocycles. The molecular weight excluding hydrogens is 362 g/mol. The van der Waals surface area contributed by atoms with Gasteiger partial charge in [-0.3, -0.25) is 4.79 Å². The third-order valence-corrected chi connectivity index (χ3v) is 4.52. The number of anilines is 1. The number of nitrogens with zero attached hydrogens (tertiary/aromatic N) is 2. The van der Waals surface area contributed by atoms with E-state index in [4.69, 9.17) is 4.74 Å². The van der Waals surface area contributed by atoms with Gasteiger partial charge in [0.25, 0.3) is 5.91 Å². The van der Waals surface area contributed by atoms with Gasteiger partial charge in [0.1, 0.15) is 0 Å². The van der Waals surface area contributed by atoms with E-state index in [-0.39, 0.29) is 5.91 Å². The van der Waals surface area contributed by atoms with Crippen molar-refractivity contribution < 1.29 is 9.53 Å². The van der Waals surface area contributed by atoms with E-state index >= 15 is 0 Å². The first-order valence-corrected chi connectivity index (χ1v) is 9.18. The van der Waals surface area contributed by atoms with E-state index < -0.39 is 0 Å². The molecule has 0 aliphatic carbocycles. The third kappa shape index (κ3) is 4.30. The maximum absolute atomic E-state index is 12.6. The molecule has 0 spiro atoms. The Bertz CT molecular complexity index is 1110. The van der Waals surface area contributed by atoms with E-state index in [1.54, 1.807) is 13.2 Å². The van der Waals surface area contributed by atoms with Crippen molar-refractivity contribution in [3.8, 4) is 28.3 Å². The molecule has 0 saturated carbocycles. The molecule has 0 atom stereocenters. The average Bonchev–Trinajstić information content (AvgIpc) is 2.80. The van der Waals surface area contributed by atoms with Crippen molar-refractivity contribution in [3.63, 3.8) is 0 Å². The highest BCUT2D eigenvalue weighted by Gasteiger charge is 2.08. The monoisotopic (exact) mass is 381 g/mol. The van der Waals surface area contributed by atoms with E-state index in [0.717, 1.165) is 16.7 Å². The van der Waals surface area contributed by atoms with Gasteiger partial charge >= 0.3 is 0 Å². The molecule has 4 rings (SSSR count). The topological polar surface area (TPSA) is 64.1 Å². The molecule has 29 heavy (non-hydrogen) atoms. The van der Waals surface area contributed by atoms with E-state index in [1.807, 2.05) is 84.9 Å². The standard InChI is InChI=1S/C24H19N3O2/c1-29-23-15-14-22(26-27-23)20-8-5-9-21(16-20)25-24(28)19-12-10-18(11-13-19)17-6-3-2-4-7-17/h2-16H,1H3,(H,25,28). The Balaban J connectivity index is 1.49. The van der Waals surface area contributed by atoms with Gasteiger partial charge in [-0.15, -0.1) is 10.2 Å². The summed E-state index contributed by atoms with van der Waals surface area (Å²) in [6.07, 6.45) is 0. The number of methoxy groups -OCH3 is 1. The van der Waals surface area contributed by atoms with E-state index in [2.05, 4.69) is 15.5 Å². The molecule has 5 nitrogen and oxygen atoms in total. The summed E-state index contributed by atoms with van der Waals surface area (Å²) in [5.74, 6) is 0.291. The largest absolute Gasteiger partial charge is 0.480 e. The fourth-order valence-corrected chi connectivity index (χ4v) is 2.99. The molecule has 0 saturated heterocycles. The molecule has 5 heteroatoms. The zero-order valence-corrected chi connectivity index (χ0v) is 15.9. The highest BCUT2D eigenvalue weighted by Crippen LogP contribution is 2.23. The molecule has 0 bridgehead atoms. The van der Waals surface area contributed by atoms with Crippen LogP contribution >= 0.6 is 0 Å². The molecule has 0 fully saturated rings. The van der Waals surface area contributed by atoms with Crippen LogP contribution < -0.4 is 10.1 Å². The van der Waals surface area contributed by atoms with Gasteiger partial charge in [0.2, 0.25) is 5.88 Å². The van der Waals surface area contributed by atoms with Crippen molar-refractivity contribution in [1.29, 1.82) is 0 Å². The molecule has 0 aliphatic heterocycles. The van der Waals surface area contributed by atoms with E-state index in [0.29, 0.717) is 22.8 Å². The summed E-state index contributed by atoms with van der Waals surface area (Å²) >= 11 is 0. The lowest BCUT2D eigenvalue weighted by Gasteiger charge is -2.08. The summed E-state index contributed by atoms with van der Waals surface area (Å²) in [7, 11) is 1.55. The number of rotatable bonds is 5. The quantitative estimate of drug-likeness (QED) is 0.524. The van der Waals surface area contributed by atoms with Crippen molar-refractivity contribution in [1.82, 2.24) is 10.2 Å². The Morgan fingerprint density at radius 3 is 2.17 bits per heavy atom. The molecule has 1 heterocycles. The Morgan fingerprint density at radius 1 is 0.759 bits per heavy atom. The predicted molar refractivity (Wildman–Crippen MR) is 114 cm³/mol. The third-order valence-electron chi connectivity index (χ3n) is 4.52. The molecule has 1 N–H and O–H groups in total. The second kappa shape index (κ2) is 8.35. The van der Waals surface area contributed by atoms with Crippen LogP contribution in [-0.2, 0) is 0 Å². The van der Waals surface area contributed by atoms with Crippen LogP contribution in [0, 0.1) is 0 Å². The van der Waals surface area contributed by atoms with Crippen molar-refractivity contribution in [3.05, 3.63) is 96.6 Å². The van der Waals surface area contributed by atoms with Crippen LogP contribution in [0.15, 0.2) is 91.0 Å². The summed E-state index contributed by atoms with van der Waals surface area (Å²) in [5, 5.41) is 11.1. The first kappa shape index (κ1) is 18.4. The molecule has 0 unspecified atom stereocenters. The van der Waals surface area contributed by atoms with E-state index in [1.165, 1.54) is 0 Å². The SMILES string of the molecule is COc1ccc(-c2cccc(NC(=O)c3ccc(-c4ccccc4)cc3)c2)nn1. The Morgan fingerprint density at radius 2 is 1.48 bits per heavy atom. The van der Waals surface area contributed by atoms with Gasteiger partial charge < -0.3 is 10.1 Å². The molecule has 0 aliphatic rings. The summed E-state index contributed by atoms with van der Waals surface area (Å²) in [6, 6.07) is 28.7. The average molecular weight is 381 g/mol. The van der Waals surface area contributed by atoms with Crippen LogP contribution in [0.3, 0.4) is 0 Å². The van der Waals surface area contributed by atoms with Crippen LogP contribution in [0.5, 0.6) is 5.88 Å². The second-order valence-corrected chi connectivity index (χ2v) is 6.44. The smallest absolute Gasteiger partial charge is 0.255 e. The summed E-state index contributed by atoms with van der Waals surface area (Å²) in [5.41, 5.74) is 5.04. The lowest BCUT2D eigenvalue weighted by molar-refractivity contribution is 0.102. The molecular formula is C24H19N3O2. The maximum atomic E-state index is 12.6. The number of amides is 1. The predicted octanol–water partition coefficient (Wildman–Crippen LogP) is 5.07. The highest BCUT2D eigenvalue weighted by atomic mass is 16.5. The normalized spacial score (nSPS) is 10.4. The molecule has 3 aromatic carbocycles. The van der Waals surface area contributed by atoms with Crippen molar-refractivity contribution in [2.45, 2.75) is 0 Å². The fourth-order valence-electron chi connectivity index (χ4n) is 2.99. The van der Waals surface area contributed by atoms with Gasteiger partial charge in [-0.05, 0) is 41.5 Å². The molecule has 4 aromatic rings. The first-order chi connectivity index (χ1) is 14.2. The number of aromatic nitrogens is 2. The van der Waals surface area contributed by atoms with E-state index in [9.17, 15) is 4.79 Å². The Kier molecular flexibility index (Phi) is 5.29. The number of carbonyl (C=O) groups excluding carboxylic acids is 1. The zero-order valence-electron chi connectivity index (χ0n) is 15.9. The number of hydrogen-bond donors (Lipinski definition) is 1. The lowest BCUT2D eigenvalue weighted by Crippen LogP contribution is -2.11. The molecule has 142 valence electrons. The Hall–Kier alpha value is -3.99. The highest BCUT2D eigenvalue weighted by molar-refractivity contribution is 6.04. The molecule has 0 radical (unpaired) electrons. The number of ether oxygens (including phenoxy) is 1. The minimum absolute atomic E-state index is 0.164. The zero-order chi connectivity index (χ0) is 20.1. The van der Waals surface area contributed by atoms with Gasteiger partial charge in [-0.1, -0.05) is 54.6 Å². The van der Waals surface area contributed by atoms with Gasteiger partial charge in [0, 0.05) is 22.9 Å². The van der Waals surface area contributed by atoms with Gasteiger partial charge in [-0.2, -0.15) is 0 Å². The van der Waals surface area contributed by atoms with Crippen molar-refractivity contribution in [2.75, 3.05) is 12.4 Å². The van der Waals surface area contributed by atoms with Gasteiger partial charge in [-0.25, -0.2) is 0 Å². The maximum Gasteiger partial charge on any atom is 0.255 e. The summed E-state index contributed by atoms with van der Waals surface area (Å²) in [6.45, 7) is 0. The summed E-state index contributed by atoms with van der Waals surface area (Å²) in [4.78, 5) is 12.6.